The van der Waals surface area contributed by atoms with Gasteiger partial charge in [-0.1, -0.05) is 12.1 Å². The van der Waals surface area contributed by atoms with Gasteiger partial charge in [0.05, 0.1) is 5.92 Å². The van der Waals surface area contributed by atoms with Crippen molar-refractivity contribution in [2.24, 2.45) is 17.1 Å². The van der Waals surface area contributed by atoms with E-state index in [0.717, 1.165) is 0 Å². The average Bonchev–Trinajstić information content (AvgIpc) is 3.13. The summed E-state index contributed by atoms with van der Waals surface area (Å²) in [5.41, 5.74) is 5.09. The molecule has 0 aromatic heterocycles. The molecule has 12 nitrogen and oxygen atoms in total. The molecule has 214 valence electrons. The predicted octanol–water partition coefficient (Wildman–Crippen LogP) is 1.25. The molecule has 3 aliphatic rings. The molecule has 1 aromatic rings. The summed E-state index contributed by atoms with van der Waals surface area (Å²) in [7, 11) is 0. The number of esters is 1. The first-order valence-corrected chi connectivity index (χ1v) is 13.1. The van der Waals surface area contributed by atoms with E-state index in [4.69, 9.17) is 10.5 Å². The van der Waals surface area contributed by atoms with E-state index in [9.17, 15) is 39.3 Å². The molecule has 6 N–H and O–H groups in total. The minimum Gasteiger partial charge on any atom is -0.508 e. The standard InChI is InChI=1S/C25H31N3O9S.ClH/c1-24(2)17(22(34)37-11-25(23(35)36)9-7-13(8-10-25)21(32)33)28-19(31)16(20(28)38-24)27-18(30)15(26)12-3-5-14(29)6-4-12;/h3-6,13,15-17,20,29H,7-11,26H2,1-2H3,(H,27,30)(H,32,33)(H,35,36);1H/t13-,15?,16-,17+,20-,25-;/m1./s1. The summed E-state index contributed by atoms with van der Waals surface area (Å²) in [5.74, 6) is -4.54. The highest BCUT2D eigenvalue weighted by atomic mass is 35.5. The number of hydrogen-bond donors (Lipinski definition) is 5. The van der Waals surface area contributed by atoms with Crippen LogP contribution in [-0.4, -0.2) is 78.8 Å². The van der Waals surface area contributed by atoms with E-state index in [2.05, 4.69) is 5.32 Å². The molecule has 3 fully saturated rings. The number of hydrogen-bond acceptors (Lipinski definition) is 9. The van der Waals surface area contributed by atoms with E-state index < -0.39 is 75.9 Å². The lowest BCUT2D eigenvalue weighted by molar-refractivity contribution is -0.172. The molecule has 0 radical (unpaired) electrons. The number of carbonyl (C=O) groups excluding carboxylic acids is 3. The zero-order chi connectivity index (χ0) is 28.0. The average molecular weight is 586 g/mol. The van der Waals surface area contributed by atoms with Gasteiger partial charge in [-0.2, -0.15) is 0 Å². The number of aromatic hydroxyl groups is 1. The zero-order valence-corrected chi connectivity index (χ0v) is 23.0. The molecule has 4 atom stereocenters. The number of thioether (sulfide) groups is 1. The van der Waals surface area contributed by atoms with E-state index in [-0.39, 0.29) is 43.8 Å². The number of benzene rings is 1. The Hall–Kier alpha value is -3.03. The number of phenolic OH excluding ortho intramolecular Hbond substituents is 1. The summed E-state index contributed by atoms with van der Waals surface area (Å²) >= 11 is 1.32. The van der Waals surface area contributed by atoms with Crippen LogP contribution >= 0.6 is 24.2 Å². The van der Waals surface area contributed by atoms with Crippen LogP contribution in [0.1, 0.15) is 51.1 Å². The van der Waals surface area contributed by atoms with E-state index in [0.29, 0.717) is 5.56 Å². The summed E-state index contributed by atoms with van der Waals surface area (Å²) in [5, 5.41) is 30.6. The van der Waals surface area contributed by atoms with Crippen LogP contribution < -0.4 is 11.1 Å². The van der Waals surface area contributed by atoms with Crippen molar-refractivity contribution in [3.05, 3.63) is 29.8 Å². The van der Waals surface area contributed by atoms with Gasteiger partial charge in [0.15, 0.2) is 0 Å². The van der Waals surface area contributed by atoms with Gasteiger partial charge in [0.2, 0.25) is 11.8 Å². The molecule has 14 heteroatoms. The quantitative estimate of drug-likeness (QED) is 0.217. The fourth-order valence-corrected chi connectivity index (χ4v) is 6.95. The Bertz CT molecular complexity index is 1150. The predicted molar refractivity (Wildman–Crippen MR) is 141 cm³/mol. The smallest absolute Gasteiger partial charge is 0.330 e. The van der Waals surface area contributed by atoms with E-state index in [1.54, 1.807) is 13.8 Å². The molecule has 1 aliphatic carbocycles. The highest BCUT2D eigenvalue weighted by Gasteiger charge is 2.64. The topological polar surface area (TPSA) is 197 Å². The number of rotatable bonds is 8. The van der Waals surface area contributed by atoms with Gasteiger partial charge in [-0.25, -0.2) is 4.79 Å². The van der Waals surface area contributed by atoms with Crippen LogP contribution in [0, 0.1) is 11.3 Å². The van der Waals surface area contributed by atoms with Gasteiger partial charge in [-0.3, -0.25) is 19.2 Å². The van der Waals surface area contributed by atoms with Gasteiger partial charge in [0, 0.05) is 4.75 Å². The number of ether oxygens (including phenoxy) is 1. The van der Waals surface area contributed by atoms with Gasteiger partial charge in [0.25, 0.3) is 0 Å². The number of fused-ring (bicyclic) bond motifs is 1. The molecule has 2 amide bonds. The summed E-state index contributed by atoms with van der Waals surface area (Å²) in [4.78, 5) is 63.6. The van der Waals surface area contributed by atoms with Crippen LogP contribution in [0.3, 0.4) is 0 Å². The maximum absolute atomic E-state index is 13.2. The molecule has 2 saturated heterocycles. The first-order valence-electron chi connectivity index (χ1n) is 12.2. The molecular formula is C25H32ClN3O9S. The van der Waals surface area contributed by atoms with Crippen molar-refractivity contribution in [2.75, 3.05) is 6.61 Å². The summed E-state index contributed by atoms with van der Waals surface area (Å²) in [6.07, 6.45) is 0.473. The molecule has 1 saturated carbocycles. The molecule has 4 rings (SSSR count). The molecule has 39 heavy (non-hydrogen) atoms. The third-order valence-corrected chi connectivity index (χ3v) is 9.30. The SMILES string of the molecule is CC1(C)S[C@@H]2[C@H](NC(=O)C(N)c3ccc(O)cc3)C(=O)N2[C@H]1C(=O)OC[C@]1(C(=O)O)CC[C@H](C(=O)O)CC1.Cl. The zero-order valence-electron chi connectivity index (χ0n) is 21.4. The third kappa shape index (κ3) is 5.66. The number of nitrogens with two attached hydrogens (primary N) is 1. The molecule has 1 unspecified atom stereocenters. The van der Waals surface area contributed by atoms with Crippen molar-refractivity contribution in [1.82, 2.24) is 10.2 Å². The molecule has 0 bridgehead atoms. The van der Waals surface area contributed by atoms with E-state index >= 15 is 0 Å². The number of carboxylic acids is 2. The number of carboxylic acid groups (broad SMARTS) is 2. The maximum atomic E-state index is 13.2. The Morgan fingerprint density at radius 2 is 1.74 bits per heavy atom. The van der Waals surface area contributed by atoms with Gasteiger partial charge >= 0.3 is 17.9 Å². The van der Waals surface area contributed by atoms with Crippen LogP contribution in [0.5, 0.6) is 5.75 Å². The van der Waals surface area contributed by atoms with Crippen molar-refractivity contribution >= 4 is 53.9 Å². The van der Waals surface area contributed by atoms with Crippen LogP contribution in [0.25, 0.3) is 0 Å². The van der Waals surface area contributed by atoms with Crippen molar-refractivity contribution in [3.8, 4) is 5.75 Å². The van der Waals surface area contributed by atoms with Crippen LogP contribution in [0.15, 0.2) is 24.3 Å². The van der Waals surface area contributed by atoms with Crippen molar-refractivity contribution in [2.45, 2.75) is 67.8 Å². The van der Waals surface area contributed by atoms with Crippen molar-refractivity contribution < 1.29 is 44.0 Å². The Labute approximate surface area is 235 Å². The third-order valence-electron chi connectivity index (χ3n) is 7.73. The van der Waals surface area contributed by atoms with Gasteiger partial charge in [0.1, 0.15) is 41.3 Å². The highest BCUT2D eigenvalue weighted by molar-refractivity contribution is 8.01. The number of phenols is 1. The van der Waals surface area contributed by atoms with Crippen LogP contribution in [-0.2, 0) is 28.7 Å². The number of nitrogens with zero attached hydrogens (tertiary/aromatic N) is 1. The van der Waals surface area contributed by atoms with Crippen LogP contribution in [0.2, 0.25) is 0 Å². The fourth-order valence-electron chi connectivity index (χ4n) is 5.33. The minimum atomic E-state index is -1.38. The Morgan fingerprint density at radius 1 is 1.15 bits per heavy atom. The lowest BCUT2D eigenvalue weighted by Gasteiger charge is -2.44. The maximum Gasteiger partial charge on any atom is 0.330 e. The second-order valence-corrected chi connectivity index (χ2v) is 12.4. The lowest BCUT2D eigenvalue weighted by Crippen LogP contribution is -2.71. The number of carbonyl (C=O) groups is 5. The van der Waals surface area contributed by atoms with E-state index in [1.807, 2.05) is 0 Å². The summed E-state index contributed by atoms with van der Waals surface area (Å²) in [6.45, 7) is 3.11. The fraction of sp³-hybridized carbons (Fsp3) is 0.560. The number of halogens is 1. The first kappa shape index (κ1) is 30.5. The van der Waals surface area contributed by atoms with Crippen LogP contribution in [0.4, 0.5) is 0 Å². The Balaban J connectivity index is 0.00000420. The summed E-state index contributed by atoms with van der Waals surface area (Å²) in [6, 6.07) is 2.85. The van der Waals surface area contributed by atoms with Gasteiger partial charge in [-0.05, 0) is 57.2 Å². The molecule has 2 heterocycles. The second-order valence-electron chi connectivity index (χ2n) is 10.6. The molecule has 0 spiro atoms. The molecular weight excluding hydrogens is 554 g/mol. The number of β-lactam (4-membered cyclic amide) rings is 1. The largest absolute Gasteiger partial charge is 0.508 e. The molecule has 2 aliphatic heterocycles. The number of amides is 2. The normalized spacial score (nSPS) is 29.7. The minimum absolute atomic E-state index is 0. The Morgan fingerprint density at radius 3 is 2.28 bits per heavy atom. The van der Waals surface area contributed by atoms with E-state index in [1.165, 1.54) is 40.9 Å². The lowest BCUT2D eigenvalue weighted by atomic mass is 9.71. The number of nitrogens with one attached hydrogen (secondary N) is 1. The molecule has 1 aromatic carbocycles. The highest BCUT2D eigenvalue weighted by Crippen LogP contribution is 2.51. The first-order chi connectivity index (χ1) is 17.8. The van der Waals surface area contributed by atoms with Crippen molar-refractivity contribution in [3.63, 3.8) is 0 Å². The summed E-state index contributed by atoms with van der Waals surface area (Å²) < 4.78 is 4.70. The van der Waals surface area contributed by atoms with Gasteiger partial charge < -0.3 is 36.0 Å². The Kier molecular flexibility index (Phi) is 8.78. The van der Waals surface area contributed by atoms with Gasteiger partial charge in [-0.15, -0.1) is 24.2 Å². The van der Waals surface area contributed by atoms with Crippen molar-refractivity contribution in [1.29, 1.82) is 0 Å². The monoisotopic (exact) mass is 585 g/mol. The number of aliphatic carboxylic acids is 2. The second kappa shape index (κ2) is 11.2.